The Balaban J connectivity index is 1.48. The van der Waals surface area contributed by atoms with E-state index >= 15 is 0 Å². The number of hydrogen-bond acceptors (Lipinski definition) is 3. The molecule has 30 heavy (non-hydrogen) atoms. The van der Waals surface area contributed by atoms with Crippen molar-refractivity contribution in [2.24, 2.45) is 0 Å². The summed E-state index contributed by atoms with van der Waals surface area (Å²) in [6.45, 7) is 3.49. The van der Waals surface area contributed by atoms with Crippen molar-refractivity contribution in [1.82, 2.24) is 9.80 Å². The molecule has 0 atom stereocenters. The van der Waals surface area contributed by atoms with Gasteiger partial charge in [-0.2, -0.15) is 0 Å². The molecule has 2 aliphatic heterocycles. The topological polar surface area (TPSA) is 40.6 Å². The predicted octanol–water partition coefficient (Wildman–Crippen LogP) is 4.75. The summed E-state index contributed by atoms with van der Waals surface area (Å²) < 4.78 is 0. The Morgan fingerprint density at radius 2 is 1.00 bits per heavy atom. The van der Waals surface area contributed by atoms with Gasteiger partial charge in [0.15, 0.2) is 0 Å². The van der Waals surface area contributed by atoms with Crippen molar-refractivity contribution in [3.05, 3.63) is 95.1 Å². The van der Waals surface area contributed by atoms with E-state index < -0.39 is 0 Å². The molecule has 0 saturated carbocycles. The first-order valence-electron chi connectivity index (χ1n) is 10.6. The molecular formula is C26H24N2O2. The second-order valence-corrected chi connectivity index (χ2v) is 8.04. The minimum atomic E-state index is -0.212. The third-order valence-corrected chi connectivity index (χ3v) is 6.12. The second kappa shape index (κ2) is 7.88. The van der Waals surface area contributed by atoms with Gasteiger partial charge in [-0.1, -0.05) is 60.7 Å². The van der Waals surface area contributed by atoms with Crippen LogP contribution in [0, 0.1) is 0 Å². The Bertz CT molecular complexity index is 1080. The van der Waals surface area contributed by atoms with Gasteiger partial charge in [0.1, 0.15) is 0 Å². The third kappa shape index (κ3) is 3.33. The van der Waals surface area contributed by atoms with Crippen LogP contribution >= 0.6 is 0 Å². The van der Waals surface area contributed by atoms with Crippen LogP contribution in [-0.2, 0) is 13.1 Å². The van der Waals surface area contributed by atoms with Crippen LogP contribution in [0.15, 0.2) is 72.8 Å². The molecular weight excluding hydrogens is 372 g/mol. The smallest absolute Gasteiger partial charge is 0.261 e. The second-order valence-electron chi connectivity index (χ2n) is 8.04. The molecule has 3 aromatic rings. The van der Waals surface area contributed by atoms with Gasteiger partial charge >= 0.3 is 0 Å². The number of amides is 2. The van der Waals surface area contributed by atoms with Crippen LogP contribution in [0.1, 0.15) is 44.7 Å². The number of imide groups is 1. The van der Waals surface area contributed by atoms with E-state index in [0.29, 0.717) is 11.1 Å². The number of hydrogen-bond donors (Lipinski definition) is 0. The Kier molecular flexibility index (Phi) is 4.93. The normalized spacial score (nSPS) is 16.3. The van der Waals surface area contributed by atoms with Crippen LogP contribution < -0.4 is 0 Å². The lowest BCUT2D eigenvalue weighted by Crippen LogP contribution is -2.29. The summed E-state index contributed by atoms with van der Waals surface area (Å²) in [7, 11) is 0. The zero-order valence-electron chi connectivity index (χ0n) is 16.9. The highest BCUT2D eigenvalue weighted by Gasteiger charge is 2.35. The largest absolute Gasteiger partial charge is 0.299 e. The fourth-order valence-corrected chi connectivity index (χ4v) is 4.58. The van der Waals surface area contributed by atoms with Crippen LogP contribution in [0.25, 0.3) is 11.1 Å². The Hall–Kier alpha value is -3.24. The van der Waals surface area contributed by atoms with Gasteiger partial charge in [-0.3, -0.25) is 19.4 Å². The van der Waals surface area contributed by atoms with Crippen molar-refractivity contribution in [1.29, 1.82) is 0 Å². The highest BCUT2D eigenvalue weighted by atomic mass is 16.2. The zero-order valence-corrected chi connectivity index (χ0v) is 16.9. The van der Waals surface area contributed by atoms with Crippen LogP contribution in [0.2, 0.25) is 0 Å². The molecule has 0 spiro atoms. The van der Waals surface area contributed by atoms with Gasteiger partial charge < -0.3 is 0 Å². The number of rotatable bonds is 5. The molecule has 0 N–H and O–H groups in total. The number of benzene rings is 3. The predicted molar refractivity (Wildman–Crippen MR) is 117 cm³/mol. The van der Waals surface area contributed by atoms with Crippen LogP contribution in [0.3, 0.4) is 0 Å². The summed E-state index contributed by atoms with van der Waals surface area (Å²) >= 11 is 0. The van der Waals surface area contributed by atoms with Crippen molar-refractivity contribution >= 4 is 11.8 Å². The number of nitrogens with zero attached hydrogens (tertiary/aromatic N) is 2. The average molecular weight is 396 g/mol. The van der Waals surface area contributed by atoms with Gasteiger partial charge in [0, 0.05) is 6.54 Å². The number of carbonyl (C=O) groups is 2. The lowest BCUT2D eigenvalue weighted by molar-refractivity contribution is 0.0642. The minimum Gasteiger partial charge on any atom is -0.299 e. The standard InChI is InChI=1S/C26H24N2O2/c29-25-23-13-5-6-14-24(23)26(30)28(25)18-20-10-2-4-12-22(20)21-11-3-1-9-19(21)17-27-15-7-8-16-27/h1-6,9-14H,7-8,15-18H2. The van der Waals surface area contributed by atoms with E-state index in [0.717, 1.165) is 30.8 Å². The lowest BCUT2D eigenvalue weighted by Gasteiger charge is -2.21. The number of likely N-dealkylation sites (tertiary alicyclic amines) is 1. The highest BCUT2D eigenvalue weighted by molar-refractivity contribution is 6.21. The fourth-order valence-electron chi connectivity index (χ4n) is 4.58. The maximum Gasteiger partial charge on any atom is 0.261 e. The molecule has 1 fully saturated rings. The van der Waals surface area contributed by atoms with Gasteiger partial charge in [-0.15, -0.1) is 0 Å². The van der Waals surface area contributed by atoms with Crippen LogP contribution in [0.4, 0.5) is 0 Å². The van der Waals surface area contributed by atoms with Crippen molar-refractivity contribution in [3.8, 4) is 11.1 Å². The minimum absolute atomic E-state index is 0.212. The van der Waals surface area contributed by atoms with Gasteiger partial charge in [-0.05, 0) is 60.3 Å². The number of fused-ring (bicyclic) bond motifs is 1. The van der Waals surface area contributed by atoms with Crippen LogP contribution in [0.5, 0.6) is 0 Å². The molecule has 2 aliphatic rings. The zero-order chi connectivity index (χ0) is 20.5. The monoisotopic (exact) mass is 396 g/mol. The summed E-state index contributed by atoms with van der Waals surface area (Å²) in [5, 5.41) is 0. The van der Waals surface area contributed by atoms with E-state index in [1.165, 1.54) is 28.9 Å². The molecule has 1 saturated heterocycles. The summed E-state index contributed by atoms with van der Waals surface area (Å²) in [5.74, 6) is -0.425. The number of carbonyl (C=O) groups excluding carboxylic acids is 2. The van der Waals surface area contributed by atoms with Gasteiger partial charge in [0.2, 0.25) is 0 Å². The first-order chi connectivity index (χ1) is 14.7. The first kappa shape index (κ1) is 18.8. The Labute approximate surface area is 176 Å². The first-order valence-corrected chi connectivity index (χ1v) is 10.6. The van der Waals surface area contributed by atoms with Gasteiger partial charge in [0.25, 0.3) is 11.8 Å². The molecule has 0 aliphatic carbocycles. The van der Waals surface area contributed by atoms with Crippen LogP contribution in [-0.4, -0.2) is 34.7 Å². The van der Waals surface area contributed by atoms with Crippen molar-refractivity contribution in [2.75, 3.05) is 13.1 Å². The van der Waals surface area contributed by atoms with Crippen molar-refractivity contribution < 1.29 is 9.59 Å². The Morgan fingerprint density at radius 3 is 1.53 bits per heavy atom. The van der Waals surface area contributed by atoms with Gasteiger partial charge in [-0.25, -0.2) is 0 Å². The summed E-state index contributed by atoms with van der Waals surface area (Å²) in [5.41, 5.74) is 5.53. The molecule has 3 aromatic carbocycles. The molecule has 5 rings (SSSR count). The van der Waals surface area contributed by atoms with Crippen molar-refractivity contribution in [2.45, 2.75) is 25.9 Å². The van der Waals surface area contributed by atoms with E-state index in [9.17, 15) is 9.59 Å². The highest BCUT2D eigenvalue weighted by Crippen LogP contribution is 2.31. The molecule has 4 nitrogen and oxygen atoms in total. The SMILES string of the molecule is O=C1c2ccccc2C(=O)N1Cc1ccccc1-c1ccccc1CN1CCCC1. The summed E-state index contributed by atoms with van der Waals surface area (Å²) in [4.78, 5) is 29.6. The summed E-state index contributed by atoms with van der Waals surface area (Å²) in [6.07, 6.45) is 2.52. The van der Waals surface area contributed by atoms with E-state index in [4.69, 9.17) is 0 Å². The Morgan fingerprint density at radius 1 is 0.567 bits per heavy atom. The quantitative estimate of drug-likeness (QED) is 0.585. The van der Waals surface area contributed by atoms with E-state index in [2.05, 4.69) is 35.2 Å². The molecule has 0 unspecified atom stereocenters. The van der Waals surface area contributed by atoms with E-state index in [-0.39, 0.29) is 18.4 Å². The maximum absolute atomic E-state index is 12.9. The third-order valence-electron chi connectivity index (χ3n) is 6.12. The fraction of sp³-hybridized carbons (Fsp3) is 0.231. The molecule has 4 heteroatoms. The van der Waals surface area contributed by atoms with E-state index in [1.54, 1.807) is 24.3 Å². The van der Waals surface area contributed by atoms with Crippen molar-refractivity contribution in [3.63, 3.8) is 0 Å². The summed E-state index contributed by atoms with van der Waals surface area (Å²) in [6, 6.07) is 23.6. The molecule has 0 radical (unpaired) electrons. The van der Waals surface area contributed by atoms with Gasteiger partial charge in [0.05, 0.1) is 17.7 Å². The van der Waals surface area contributed by atoms with E-state index in [1.807, 2.05) is 18.2 Å². The molecule has 0 bridgehead atoms. The maximum atomic E-state index is 12.9. The average Bonchev–Trinajstić information content (AvgIpc) is 3.38. The molecule has 2 heterocycles. The molecule has 0 aromatic heterocycles. The lowest BCUT2D eigenvalue weighted by atomic mass is 9.95. The molecule has 150 valence electrons. The molecule has 2 amide bonds.